The number of guanidine groups is 1. The zero-order chi connectivity index (χ0) is 18.1. The quantitative estimate of drug-likeness (QED) is 0.417. The number of nitrogens with zero attached hydrogens (tertiary/aromatic N) is 3. The van der Waals surface area contributed by atoms with Crippen LogP contribution in [0.1, 0.15) is 32.6 Å². The number of hydrogen-bond donors (Lipinski definition) is 1. The third-order valence-corrected chi connectivity index (χ3v) is 5.20. The van der Waals surface area contributed by atoms with E-state index in [4.69, 9.17) is 9.47 Å². The van der Waals surface area contributed by atoms with Crippen LogP contribution in [0.5, 0.6) is 0 Å². The summed E-state index contributed by atoms with van der Waals surface area (Å²) in [6.45, 7) is 7.86. The van der Waals surface area contributed by atoms with Crippen molar-refractivity contribution in [2.24, 2.45) is 10.9 Å². The van der Waals surface area contributed by atoms with Gasteiger partial charge in [-0.3, -0.25) is 14.7 Å². The van der Waals surface area contributed by atoms with Crippen molar-refractivity contribution in [2.45, 2.75) is 38.6 Å². The van der Waals surface area contributed by atoms with E-state index in [9.17, 15) is 4.79 Å². The molecule has 0 aliphatic carbocycles. The van der Waals surface area contributed by atoms with Crippen LogP contribution < -0.4 is 5.32 Å². The Kier molecular flexibility index (Phi) is 8.48. The van der Waals surface area contributed by atoms with Crippen molar-refractivity contribution < 1.29 is 14.3 Å². The summed E-state index contributed by atoms with van der Waals surface area (Å²) in [4.78, 5) is 21.1. The molecule has 0 aromatic carbocycles. The van der Waals surface area contributed by atoms with Crippen LogP contribution in [0.25, 0.3) is 0 Å². The van der Waals surface area contributed by atoms with Gasteiger partial charge < -0.3 is 19.7 Å². The SMILES string of the molecule is CCOC(=O)C1CCN(C(=NC)NCC2CCCN2CCOC)CC1. The maximum atomic E-state index is 11.9. The maximum Gasteiger partial charge on any atom is 0.309 e. The van der Waals surface area contributed by atoms with Crippen LogP contribution in [0, 0.1) is 5.92 Å². The molecule has 2 aliphatic rings. The van der Waals surface area contributed by atoms with Crippen LogP contribution in [0.15, 0.2) is 4.99 Å². The summed E-state index contributed by atoms with van der Waals surface area (Å²) in [6, 6.07) is 0.545. The van der Waals surface area contributed by atoms with Crippen LogP contribution in [0.2, 0.25) is 0 Å². The molecule has 2 heterocycles. The molecule has 0 radical (unpaired) electrons. The molecule has 2 fully saturated rings. The molecule has 2 rings (SSSR count). The first-order valence-corrected chi connectivity index (χ1v) is 9.54. The summed E-state index contributed by atoms with van der Waals surface area (Å²) in [6.07, 6.45) is 4.14. The lowest BCUT2D eigenvalue weighted by atomic mass is 9.97. The number of likely N-dealkylation sites (tertiary alicyclic amines) is 2. The fourth-order valence-electron chi connectivity index (χ4n) is 3.76. The number of carbonyl (C=O) groups is 1. The van der Waals surface area contributed by atoms with Crippen LogP contribution >= 0.6 is 0 Å². The fraction of sp³-hybridized carbons (Fsp3) is 0.889. The minimum Gasteiger partial charge on any atom is -0.466 e. The second-order valence-corrected chi connectivity index (χ2v) is 6.77. The van der Waals surface area contributed by atoms with Gasteiger partial charge in [0.1, 0.15) is 0 Å². The van der Waals surface area contributed by atoms with Crippen LogP contribution in [0.4, 0.5) is 0 Å². The Morgan fingerprint density at radius 1 is 1.24 bits per heavy atom. The highest BCUT2D eigenvalue weighted by Gasteiger charge is 2.28. The lowest BCUT2D eigenvalue weighted by molar-refractivity contribution is -0.149. The van der Waals surface area contributed by atoms with E-state index in [0.717, 1.165) is 58.1 Å². The number of methoxy groups -OCH3 is 1. The first-order chi connectivity index (χ1) is 12.2. The Balaban J connectivity index is 1.76. The van der Waals surface area contributed by atoms with Crippen LogP contribution in [-0.4, -0.2) is 87.9 Å². The van der Waals surface area contributed by atoms with Crippen LogP contribution in [0.3, 0.4) is 0 Å². The van der Waals surface area contributed by atoms with Gasteiger partial charge >= 0.3 is 5.97 Å². The molecule has 0 aromatic rings. The molecular formula is C18H34N4O3. The van der Waals surface area contributed by atoms with Gasteiger partial charge in [-0.25, -0.2) is 0 Å². The molecule has 0 spiro atoms. The predicted molar refractivity (Wildman–Crippen MR) is 98.8 cm³/mol. The molecule has 0 bridgehead atoms. The molecule has 2 saturated heterocycles. The van der Waals surface area contributed by atoms with Gasteiger partial charge in [0.25, 0.3) is 0 Å². The molecule has 0 saturated carbocycles. The number of hydrogen-bond acceptors (Lipinski definition) is 5. The first kappa shape index (κ1) is 20.0. The van der Waals surface area contributed by atoms with Gasteiger partial charge in [-0.1, -0.05) is 0 Å². The Morgan fingerprint density at radius 2 is 2.00 bits per heavy atom. The largest absolute Gasteiger partial charge is 0.466 e. The Bertz CT molecular complexity index is 436. The summed E-state index contributed by atoms with van der Waals surface area (Å²) in [5.41, 5.74) is 0. The Labute approximate surface area is 151 Å². The molecule has 0 aromatic heterocycles. The highest BCUT2D eigenvalue weighted by molar-refractivity contribution is 5.80. The van der Waals surface area contributed by atoms with Gasteiger partial charge in [0.05, 0.1) is 19.1 Å². The summed E-state index contributed by atoms with van der Waals surface area (Å²) in [5, 5.41) is 3.53. The zero-order valence-corrected chi connectivity index (χ0v) is 16.0. The molecule has 0 amide bonds. The van der Waals surface area contributed by atoms with E-state index in [2.05, 4.69) is 20.1 Å². The minimum absolute atomic E-state index is 0.0358. The molecule has 25 heavy (non-hydrogen) atoms. The molecule has 2 aliphatic heterocycles. The van der Waals surface area contributed by atoms with Crippen molar-refractivity contribution in [2.75, 3.05) is 60.1 Å². The third-order valence-electron chi connectivity index (χ3n) is 5.20. The highest BCUT2D eigenvalue weighted by Crippen LogP contribution is 2.19. The number of nitrogens with one attached hydrogen (secondary N) is 1. The lowest BCUT2D eigenvalue weighted by Crippen LogP contribution is -2.50. The number of piperidine rings is 1. The predicted octanol–water partition coefficient (Wildman–Crippen LogP) is 0.948. The van der Waals surface area contributed by atoms with Gasteiger partial charge in [0.15, 0.2) is 5.96 Å². The van der Waals surface area contributed by atoms with Crippen LogP contribution in [-0.2, 0) is 14.3 Å². The van der Waals surface area contributed by atoms with Crippen molar-refractivity contribution in [3.63, 3.8) is 0 Å². The molecule has 144 valence electrons. The van der Waals surface area contributed by atoms with Crippen molar-refractivity contribution >= 4 is 11.9 Å². The number of esters is 1. The second kappa shape index (κ2) is 10.6. The lowest BCUT2D eigenvalue weighted by Gasteiger charge is -2.34. The molecule has 1 N–H and O–H groups in total. The van der Waals surface area contributed by atoms with Crippen molar-refractivity contribution in [1.82, 2.24) is 15.1 Å². The van der Waals surface area contributed by atoms with E-state index < -0.39 is 0 Å². The molecule has 1 unspecified atom stereocenters. The van der Waals surface area contributed by atoms with Gasteiger partial charge in [-0.15, -0.1) is 0 Å². The van der Waals surface area contributed by atoms with Gasteiger partial charge in [-0.2, -0.15) is 0 Å². The van der Waals surface area contributed by atoms with Gasteiger partial charge in [0.2, 0.25) is 0 Å². The summed E-state index contributed by atoms with van der Waals surface area (Å²) in [7, 11) is 3.59. The molecule has 1 atom stereocenters. The maximum absolute atomic E-state index is 11.9. The monoisotopic (exact) mass is 354 g/mol. The highest BCUT2D eigenvalue weighted by atomic mass is 16.5. The van der Waals surface area contributed by atoms with E-state index in [-0.39, 0.29) is 11.9 Å². The molecular weight excluding hydrogens is 320 g/mol. The number of rotatable bonds is 7. The topological polar surface area (TPSA) is 66.4 Å². The van der Waals surface area contributed by atoms with E-state index in [1.165, 1.54) is 12.8 Å². The molecule has 7 heteroatoms. The fourth-order valence-corrected chi connectivity index (χ4v) is 3.76. The Hall–Kier alpha value is -1.34. The number of carbonyl (C=O) groups excluding carboxylic acids is 1. The average molecular weight is 354 g/mol. The average Bonchev–Trinajstić information content (AvgIpc) is 3.08. The first-order valence-electron chi connectivity index (χ1n) is 9.54. The third kappa shape index (κ3) is 5.85. The van der Waals surface area contributed by atoms with Gasteiger partial charge in [-0.05, 0) is 39.2 Å². The van der Waals surface area contributed by atoms with E-state index in [1.807, 2.05) is 14.0 Å². The molecule has 7 nitrogen and oxygen atoms in total. The standard InChI is InChI=1S/C18H34N4O3/c1-4-25-17(23)15-7-10-22(11-8-15)18(19-2)20-14-16-6-5-9-21(16)12-13-24-3/h15-16H,4-14H2,1-3H3,(H,19,20). The normalized spacial score (nSPS) is 23.1. The van der Waals surface area contributed by atoms with Crippen molar-refractivity contribution in [3.05, 3.63) is 0 Å². The second-order valence-electron chi connectivity index (χ2n) is 6.77. The Morgan fingerprint density at radius 3 is 2.64 bits per heavy atom. The van der Waals surface area contributed by atoms with Crippen molar-refractivity contribution in [3.8, 4) is 0 Å². The minimum atomic E-state index is -0.0511. The van der Waals surface area contributed by atoms with E-state index in [1.54, 1.807) is 7.11 Å². The van der Waals surface area contributed by atoms with E-state index in [0.29, 0.717) is 12.6 Å². The summed E-state index contributed by atoms with van der Waals surface area (Å²) < 4.78 is 10.4. The smallest absolute Gasteiger partial charge is 0.309 e. The van der Waals surface area contributed by atoms with E-state index >= 15 is 0 Å². The van der Waals surface area contributed by atoms with Gasteiger partial charge in [0, 0.05) is 46.4 Å². The van der Waals surface area contributed by atoms with Crippen molar-refractivity contribution in [1.29, 1.82) is 0 Å². The summed E-state index contributed by atoms with van der Waals surface area (Å²) >= 11 is 0. The summed E-state index contributed by atoms with van der Waals surface area (Å²) in [5.74, 6) is 0.930. The zero-order valence-electron chi connectivity index (χ0n) is 16.0. The number of ether oxygens (including phenoxy) is 2. The number of aliphatic imine (C=N–C) groups is 1.